The minimum Gasteiger partial charge on any atom is -0.483 e. The van der Waals surface area contributed by atoms with Crippen LogP contribution in [0.5, 0.6) is 5.75 Å². The summed E-state index contributed by atoms with van der Waals surface area (Å²) in [5.41, 5.74) is 5.19. The summed E-state index contributed by atoms with van der Waals surface area (Å²) < 4.78 is 5.38. The normalized spacial score (nSPS) is 10.5. The third-order valence-electron chi connectivity index (χ3n) is 2.68. The van der Waals surface area contributed by atoms with Gasteiger partial charge in [-0.05, 0) is 30.8 Å². The molecule has 1 aromatic carbocycles. The molecule has 6 nitrogen and oxygen atoms in total. The summed E-state index contributed by atoms with van der Waals surface area (Å²) >= 11 is 4.92. The Hall–Kier alpha value is -2.15. The standard InChI is InChI=1S/C15H21N3O3S/c1-10-7-5-6-8-11(10)21-9-12(19)17-18-14(22)16-13(20)15(2,3)4/h5-8H,9H2,1-4H3,(H,17,19)(H2,16,18,20,22). The van der Waals surface area contributed by atoms with Crippen LogP contribution >= 0.6 is 12.2 Å². The molecule has 0 unspecified atom stereocenters. The van der Waals surface area contributed by atoms with Gasteiger partial charge in [0.1, 0.15) is 5.75 Å². The van der Waals surface area contributed by atoms with Crippen molar-refractivity contribution in [2.75, 3.05) is 6.61 Å². The minimum absolute atomic E-state index is 0.0316. The molecule has 22 heavy (non-hydrogen) atoms. The molecule has 0 radical (unpaired) electrons. The molecule has 0 saturated heterocycles. The van der Waals surface area contributed by atoms with Crippen LogP contribution in [0.3, 0.4) is 0 Å². The van der Waals surface area contributed by atoms with Crippen molar-refractivity contribution in [2.45, 2.75) is 27.7 Å². The van der Waals surface area contributed by atoms with Gasteiger partial charge in [-0.3, -0.25) is 20.4 Å². The van der Waals surface area contributed by atoms with E-state index in [4.69, 9.17) is 17.0 Å². The van der Waals surface area contributed by atoms with Crippen LogP contribution in [0.2, 0.25) is 0 Å². The van der Waals surface area contributed by atoms with Gasteiger partial charge in [0.15, 0.2) is 11.7 Å². The van der Waals surface area contributed by atoms with Crippen LogP contribution in [-0.2, 0) is 9.59 Å². The molecule has 2 amide bonds. The number of carbonyl (C=O) groups excluding carboxylic acids is 2. The van der Waals surface area contributed by atoms with Crippen LogP contribution in [0.15, 0.2) is 24.3 Å². The molecule has 0 fully saturated rings. The first-order valence-corrected chi connectivity index (χ1v) is 7.19. The molecule has 0 aliphatic heterocycles. The molecular formula is C15H21N3O3S. The maximum atomic E-state index is 11.7. The molecule has 0 aromatic heterocycles. The molecule has 0 aliphatic rings. The topological polar surface area (TPSA) is 79.5 Å². The highest BCUT2D eigenvalue weighted by molar-refractivity contribution is 7.80. The fourth-order valence-corrected chi connectivity index (χ4v) is 1.49. The predicted molar refractivity (Wildman–Crippen MR) is 88.1 cm³/mol. The number of thiocarbonyl (C=S) groups is 1. The Morgan fingerprint density at radius 1 is 1.18 bits per heavy atom. The second-order valence-electron chi connectivity index (χ2n) is 5.76. The van der Waals surface area contributed by atoms with E-state index in [1.165, 1.54) is 0 Å². The Balaban J connectivity index is 2.33. The van der Waals surface area contributed by atoms with E-state index in [1.54, 1.807) is 26.8 Å². The lowest BCUT2D eigenvalue weighted by molar-refractivity contribution is -0.127. The summed E-state index contributed by atoms with van der Waals surface area (Å²) in [5.74, 6) is -0.00715. The summed E-state index contributed by atoms with van der Waals surface area (Å²) in [6.45, 7) is 7.02. The number of benzene rings is 1. The van der Waals surface area contributed by atoms with Crippen molar-refractivity contribution in [1.82, 2.24) is 16.2 Å². The molecular weight excluding hydrogens is 302 g/mol. The van der Waals surface area contributed by atoms with Crippen LogP contribution in [0, 0.1) is 12.3 Å². The largest absolute Gasteiger partial charge is 0.483 e. The summed E-state index contributed by atoms with van der Waals surface area (Å²) in [5, 5.41) is 2.52. The SMILES string of the molecule is Cc1ccccc1OCC(=O)NNC(=S)NC(=O)C(C)(C)C. The van der Waals surface area contributed by atoms with E-state index in [0.29, 0.717) is 5.75 Å². The average molecular weight is 323 g/mol. The molecule has 1 aromatic rings. The van der Waals surface area contributed by atoms with Crippen LogP contribution in [0.25, 0.3) is 0 Å². The number of nitrogens with one attached hydrogen (secondary N) is 3. The quantitative estimate of drug-likeness (QED) is 0.579. The van der Waals surface area contributed by atoms with Gasteiger partial charge in [-0.25, -0.2) is 0 Å². The molecule has 1 rings (SSSR count). The highest BCUT2D eigenvalue weighted by atomic mass is 32.1. The summed E-state index contributed by atoms with van der Waals surface area (Å²) in [4.78, 5) is 23.3. The number of rotatable bonds is 3. The first-order valence-electron chi connectivity index (χ1n) is 6.79. The molecule has 3 N–H and O–H groups in total. The first kappa shape index (κ1) is 17.9. The van der Waals surface area contributed by atoms with Gasteiger partial charge in [0.2, 0.25) is 5.91 Å². The Morgan fingerprint density at radius 2 is 1.82 bits per heavy atom. The van der Waals surface area contributed by atoms with Gasteiger partial charge in [0, 0.05) is 5.41 Å². The number of carbonyl (C=O) groups is 2. The van der Waals surface area contributed by atoms with E-state index in [0.717, 1.165) is 5.56 Å². The van der Waals surface area contributed by atoms with E-state index in [9.17, 15) is 9.59 Å². The zero-order chi connectivity index (χ0) is 16.8. The van der Waals surface area contributed by atoms with Crippen LogP contribution in [0.1, 0.15) is 26.3 Å². The molecule has 0 spiro atoms. The summed E-state index contributed by atoms with van der Waals surface area (Å²) in [7, 11) is 0. The van der Waals surface area contributed by atoms with Crippen molar-refractivity contribution >= 4 is 29.1 Å². The van der Waals surface area contributed by atoms with Gasteiger partial charge in [-0.2, -0.15) is 0 Å². The van der Waals surface area contributed by atoms with Gasteiger partial charge in [0.25, 0.3) is 5.91 Å². The highest BCUT2D eigenvalue weighted by Crippen LogP contribution is 2.15. The number of amides is 2. The lowest BCUT2D eigenvalue weighted by Gasteiger charge is -2.18. The van der Waals surface area contributed by atoms with E-state index in [-0.39, 0.29) is 17.6 Å². The van der Waals surface area contributed by atoms with E-state index < -0.39 is 11.3 Å². The van der Waals surface area contributed by atoms with E-state index >= 15 is 0 Å². The molecule has 120 valence electrons. The third-order valence-corrected chi connectivity index (χ3v) is 2.88. The van der Waals surface area contributed by atoms with Crippen molar-refractivity contribution in [1.29, 1.82) is 0 Å². The van der Waals surface area contributed by atoms with E-state index in [1.807, 2.05) is 25.1 Å². The number of hydrogen-bond acceptors (Lipinski definition) is 4. The van der Waals surface area contributed by atoms with E-state index in [2.05, 4.69) is 16.2 Å². The Labute approximate surface area is 135 Å². The Bertz CT molecular complexity index is 567. The van der Waals surface area contributed by atoms with Gasteiger partial charge >= 0.3 is 0 Å². The minimum atomic E-state index is -0.566. The van der Waals surface area contributed by atoms with Crippen LogP contribution in [-0.4, -0.2) is 23.5 Å². The fraction of sp³-hybridized carbons (Fsp3) is 0.400. The van der Waals surface area contributed by atoms with Gasteiger partial charge in [-0.1, -0.05) is 39.0 Å². The third kappa shape index (κ3) is 6.09. The zero-order valence-corrected chi connectivity index (χ0v) is 14.0. The summed E-state index contributed by atoms with van der Waals surface area (Å²) in [6.07, 6.45) is 0. The number of ether oxygens (including phenoxy) is 1. The maximum absolute atomic E-state index is 11.7. The van der Waals surface area contributed by atoms with Crippen molar-refractivity contribution < 1.29 is 14.3 Å². The van der Waals surface area contributed by atoms with Gasteiger partial charge < -0.3 is 10.1 Å². The van der Waals surface area contributed by atoms with Crippen molar-refractivity contribution in [3.63, 3.8) is 0 Å². The number of aryl methyl sites for hydroxylation is 1. The Morgan fingerprint density at radius 3 is 2.41 bits per heavy atom. The number of hydrogen-bond donors (Lipinski definition) is 3. The van der Waals surface area contributed by atoms with Crippen molar-refractivity contribution in [3.8, 4) is 5.75 Å². The second-order valence-corrected chi connectivity index (χ2v) is 6.17. The zero-order valence-electron chi connectivity index (χ0n) is 13.1. The molecule has 0 heterocycles. The Kier molecular flexibility index (Phi) is 6.30. The first-order chi connectivity index (χ1) is 10.2. The van der Waals surface area contributed by atoms with Crippen molar-refractivity contribution in [2.24, 2.45) is 5.41 Å². The molecule has 0 bridgehead atoms. The summed E-state index contributed by atoms with van der Waals surface area (Å²) in [6, 6.07) is 7.39. The average Bonchev–Trinajstić information content (AvgIpc) is 2.43. The highest BCUT2D eigenvalue weighted by Gasteiger charge is 2.22. The van der Waals surface area contributed by atoms with Crippen LogP contribution < -0.4 is 20.9 Å². The lowest BCUT2D eigenvalue weighted by Crippen LogP contribution is -2.51. The number of para-hydroxylation sites is 1. The smallest absolute Gasteiger partial charge is 0.276 e. The molecule has 0 saturated carbocycles. The lowest BCUT2D eigenvalue weighted by atomic mass is 9.96. The maximum Gasteiger partial charge on any atom is 0.276 e. The molecule has 7 heteroatoms. The predicted octanol–water partition coefficient (Wildman–Crippen LogP) is 1.44. The number of hydrazine groups is 1. The second kappa shape index (κ2) is 7.74. The van der Waals surface area contributed by atoms with Gasteiger partial charge in [0.05, 0.1) is 0 Å². The fourth-order valence-electron chi connectivity index (χ4n) is 1.35. The van der Waals surface area contributed by atoms with Crippen LogP contribution in [0.4, 0.5) is 0 Å². The monoisotopic (exact) mass is 323 g/mol. The van der Waals surface area contributed by atoms with Crippen molar-refractivity contribution in [3.05, 3.63) is 29.8 Å². The van der Waals surface area contributed by atoms with Gasteiger partial charge in [-0.15, -0.1) is 0 Å². The molecule has 0 atom stereocenters. The molecule has 0 aliphatic carbocycles.